The molecule has 0 radical (unpaired) electrons. The van der Waals surface area contributed by atoms with Gasteiger partial charge in [0.15, 0.2) is 0 Å². The van der Waals surface area contributed by atoms with Crippen LogP contribution in [0.4, 0.5) is 0 Å². The molecule has 1 aliphatic heterocycles. The Hall–Kier alpha value is -0.0400. The van der Waals surface area contributed by atoms with Gasteiger partial charge in [-0.3, -0.25) is 0 Å². The van der Waals surface area contributed by atoms with Crippen molar-refractivity contribution in [1.29, 1.82) is 0 Å². The number of hydrogen-bond donors (Lipinski definition) is 0. The predicted octanol–water partition coefficient (Wildman–Crippen LogP) is 1.98. The molecule has 0 aromatic rings. The fraction of sp³-hybridized carbons (Fsp3) is 1.00. The monoisotopic (exact) mass is 153 g/mol. The molecule has 0 amide bonds. The molecule has 1 nitrogen and oxygen atoms in total. The van der Waals surface area contributed by atoms with E-state index in [1.807, 2.05) is 0 Å². The van der Waals surface area contributed by atoms with Crippen LogP contribution in [0.3, 0.4) is 0 Å². The molecule has 1 heteroatoms. The zero-order valence-electron chi connectivity index (χ0n) is 7.88. The SMILES string of the molecule is CC(C)C1C[C@H]2C[C@H]2CN1C. The van der Waals surface area contributed by atoms with Crippen molar-refractivity contribution in [3.8, 4) is 0 Å². The van der Waals surface area contributed by atoms with Crippen LogP contribution < -0.4 is 0 Å². The fourth-order valence-electron chi connectivity index (χ4n) is 2.60. The van der Waals surface area contributed by atoms with Crippen molar-refractivity contribution in [2.75, 3.05) is 13.6 Å². The minimum absolute atomic E-state index is 0.849. The molecular weight excluding hydrogens is 134 g/mol. The predicted molar refractivity (Wildman–Crippen MR) is 47.5 cm³/mol. The van der Waals surface area contributed by atoms with Crippen LogP contribution in [0, 0.1) is 17.8 Å². The number of piperidine rings is 1. The zero-order valence-corrected chi connectivity index (χ0v) is 7.88. The van der Waals surface area contributed by atoms with Crippen LogP contribution in [0.25, 0.3) is 0 Å². The third kappa shape index (κ3) is 1.31. The lowest BCUT2D eigenvalue weighted by atomic mass is 9.93. The van der Waals surface area contributed by atoms with Gasteiger partial charge in [-0.05, 0) is 37.6 Å². The molecule has 1 saturated carbocycles. The Morgan fingerprint density at radius 3 is 2.55 bits per heavy atom. The van der Waals surface area contributed by atoms with Crippen LogP contribution in [0.15, 0.2) is 0 Å². The lowest BCUT2D eigenvalue weighted by Gasteiger charge is -2.34. The van der Waals surface area contributed by atoms with Gasteiger partial charge < -0.3 is 4.90 Å². The lowest BCUT2D eigenvalue weighted by molar-refractivity contribution is 0.137. The molecule has 2 rings (SSSR count). The first-order chi connectivity index (χ1) is 5.18. The van der Waals surface area contributed by atoms with Crippen LogP contribution in [-0.2, 0) is 0 Å². The molecule has 1 aliphatic carbocycles. The molecule has 1 saturated heterocycles. The number of likely N-dealkylation sites (tertiary alicyclic amines) is 1. The summed E-state index contributed by atoms with van der Waals surface area (Å²) in [5.74, 6) is 3.04. The quantitative estimate of drug-likeness (QED) is 0.557. The summed E-state index contributed by atoms with van der Waals surface area (Å²) >= 11 is 0. The Balaban J connectivity index is 1.97. The summed E-state index contributed by atoms with van der Waals surface area (Å²) in [7, 11) is 2.29. The fourth-order valence-corrected chi connectivity index (χ4v) is 2.60. The molecular formula is C10H19N. The van der Waals surface area contributed by atoms with Crippen LogP contribution in [0.1, 0.15) is 26.7 Å². The highest BCUT2D eigenvalue weighted by Crippen LogP contribution is 2.47. The Morgan fingerprint density at radius 1 is 1.18 bits per heavy atom. The Kier molecular flexibility index (Phi) is 1.71. The van der Waals surface area contributed by atoms with Crippen molar-refractivity contribution >= 4 is 0 Å². The van der Waals surface area contributed by atoms with Gasteiger partial charge in [0.05, 0.1) is 0 Å². The van der Waals surface area contributed by atoms with E-state index in [0.717, 1.165) is 23.8 Å². The van der Waals surface area contributed by atoms with Crippen LogP contribution >= 0.6 is 0 Å². The van der Waals surface area contributed by atoms with E-state index < -0.39 is 0 Å². The maximum absolute atomic E-state index is 2.57. The van der Waals surface area contributed by atoms with Crippen molar-refractivity contribution < 1.29 is 0 Å². The summed E-state index contributed by atoms with van der Waals surface area (Å²) in [6.45, 7) is 6.07. The molecule has 0 bridgehead atoms. The molecule has 0 aromatic carbocycles. The zero-order chi connectivity index (χ0) is 8.01. The maximum atomic E-state index is 2.57. The standard InChI is InChI=1S/C10H19N/c1-7(2)10-5-8-4-9(8)6-11(10)3/h7-10H,4-6H2,1-3H3/t8-,9+,10?/m1/s1. The highest BCUT2D eigenvalue weighted by atomic mass is 15.2. The number of rotatable bonds is 1. The van der Waals surface area contributed by atoms with Gasteiger partial charge in [0.1, 0.15) is 0 Å². The van der Waals surface area contributed by atoms with Crippen molar-refractivity contribution in [1.82, 2.24) is 4.90 Å². The maximum Gasteiger partial charge on any atom is 0.0118 e. The Morgan fingerprint density at radius 2 is 1.91 bits per heavy atom. The summed E-state index contributed by atoms with van der Waals surface area (Å²) < 4.78 is 0. The molecule has 1 unspecified atom stereocenters. The summed E-state index contributed by atoms with van der Waals surface area (Å²) in [6, 6.07) is 0.874. The molecule has 0 N–H and O–H groups in total. The average molecular weight is 153 g/mol. The van der Waals surface area contributed by atoms with Gasteiger partial charge in [-0.1, -0.05) is 13.8 Å². The second-order valence-corrected chi connectivity index (χ2v) is 4.74. The van der Waals surface area contributed by atoms with E-state index in [1.54, 1.807) is 0 Å². The topological polar surface area (TPSA) is 3.24 Å². The smallest absolute Gasteiger partial charge is 0.0118 e. The third-order valence-electron chi connectivity index (χ3n) is 3.47. The van der Waals surface area contributed by atoms with Gasteiger partial charge in [0.2, 0.25) is 0 Å². The summed E-state index contributed by atoms with van der Waals surface area (Å²) in [6.07, 6.45) is 2.99. The lowest BCUT2D eigenvalue weighted by Crippen LogP contribution is -2.40. The second kappa shape index (κ2) is 2.48. The van der Waals surface area contributed by atoms with E-state index in [2.05, 4.69) is 25.8 Å². The molecule has 11 heavy (non-hydrogen) atoms. The number of fused-ring (bicyclic) bond motifs is 1. The minimum Gasteiger partial charge on any atom is -0.303 e. The van der Waals surface area contributed by atoms with E-state index in [0.29, 0.717) is 0 Å². The van der Waals surface area contributed by atoms with E-state index >= 15 is 0 Å². The largest absolute Gasteiger partial charge is 0.303 e. The summed E-state index contributed by atoms with van der Waals surface area (Å²) in [4.78, 5) is 2.57. The Bertz CT molecular complexity index is 153. The third-order valence-corrected chi connectivity index (χ3v) is 3.47. The van der Waals surface area contributed by atoms with Crippen molar-refractivity contribution in [3.63, 3.8) is 0 Å². The second-order valence-electron chi connectivity index (χ2n) is 4.74. The molecule has 1 heterocycles. The van der Waals surface area contributed by atoms with Crippen LogP contribution in [0.2, 0.25) is 0 Å². The van der Waals surface area contributed by atoms with Gasteiger partial charge in [0, 0.05) is 12.6 Å². The Labute approximate surface area is 69.8 Å². The number of nitrogens with zero attached hydrogens (tertiary/aromatic N) is 1. The molecule has 64 valence electrons. The normalized spacial score (nSPS) is 44.2. The van der Waals surface area contributed by atoms with Gasteiger partial charge in [0.25, 0.3) is 0 Å². The average Bonchev–Trinajstić information content (AvgIpc) is 2.63. The first-order valence-corrected chi connectivity index (χ1v) is 4.88. The van der Waals surface area contributed by atoms with Crippen LogP contribution in [0.5, 0.6) is 0 Å². The first-order valence-electron chi connectivity index (χ1n) is 4.88. The minimum atomic E-state index is 0.849. The van der Waals surface area contributed by atoms with Gasteiger partial charge >= 0.3 is 0 Å². The summed E-state index contributed by atoms with van der Waals surface area (Å²) in [5, 5.41) is 0. The van der Waals surface area contributed by atoms with E-state index in [1.165, 1.54) is 19.4 Å². The van der Waals surface area contributed by atoms with E-state index in [9.17, 15) is 0 Å². The van der Waals surface area contributed by atoms with Gasteiger partial charge in [-0.2, -0.15) is 0 Å². The molecule has 0 aromatic heterocycles. The number of hydrogen-bond acceptors (Lipinski definition) is 1. The van der Waals surface area contributed by atoms with E-state index in [-0.39, 0.29) is 0 Å². The van der Waals surface area contributed by atoms with E-state index in [4.69, 9.17) is 0 Å². The highest BCUT2D eigenvalue weighted by molar-refractivity contribution is 4.97. The van der Waals surface area contributed by atoms with Gasteiger partial charge in [-0.15, -0.1) is 0 Å². The first kappa shape index (κ1) is 7.60. The van der Waals surface area contributed by atoms with Crippen molar-refractivity contribution in [2.45, 2.75) is 32.7 Å². The highest BCUT2D eigenvalue weighted by Gasteiger charge is 2.44. The van der Waals surface area contributed by atoms with Crippen molar-refractivity contribution in [3.05, 3.63) is 0 Å². The van der Waals surface area contributed by atoms with Gasteiger partial charge in [-0.25, -0.2) is 0 Å². The summed E-state index contributed by atoms with van der Waals surface area (Å²) in [5.41, 5.74) is 0. The molecule has 3 atom stereocenters. The molecule has 2 aliphatic rings. The van der Waals surface area contributed by atoms with Crippen molar-refractivity contribution in [2.24, 2.45) is 17.8 Å². The van der Waals surface area contributed by atoms with Crippen LogP contribution in [-0.4, -0.2) is 24.5 Å². The molecule has 0 spiro atoms. The molecule has 2 fully saturated rings.